The second-order valence-electron chi connectivity index (χ2n) is 5.75. The van der Waals surface area contributed by atoms with Crippen LogP contribution in [-0.2, 0) is 4.79 Å². The predicted molar refractivity (Wildman–Crippen MR) is 118 cm³/mol. The topological polar surface area (TPSA) is 114 Å². The Morgan fingerprint density at radius 3 is 2.43 bits per heavy atom. The number of amides is 3. The van der Waals surface area contributed by atoms with Gasteiger partial charge in [0.25, 0.3) is 0 Å². The Bertz CT molecular complexity index is 1010. The SMILES string of the molecule is COc1ccc(NC(=O)Nc2nnc(SCC(=O)Nc3cccc(OC)c3)s2)cc1. The summed E-state index contributed by atoms with van der Waals surface area (Å²) in [5.74, 6) is 1.33. The fourth-order valence-corrected chi connectivity index (χ4v) is 3.82. The normalized spacial score (nSPS) is 10.2. The average molecular weight is 446 g/mol. The molecule has 0 fully saturated rings. The zero-order valence-corrected chi connectivity index (χ0v) is 17.8. The lowest BCUT2D eigenvalue weighted by Gasteiger charge is -2.06. The lowest BCUT2D eigenvalue weighted by atomic mass is 10.3. The first kappa shape index (κ1) is 21.4. The molecule has 1 heterocycles. The van der Waals surface area contributed by atoms with E-state index in [1.807, 2.05) is 0 Å². The summed E-state index contributed by atoms with van der Waals surface area (Å²) in [4.78, 5) is 24.2. The van der Waals surface area contributed by atoms with Crippen LogP contribution in [0.1, 0.15) is 0 Å². The third-order valence-electron chi connectivity index (χ3n) is 3.66. The molecule has 0 spiro atoms. The van der Waals surface area contributed by atoms with Gasteiger partial charge in [-0.05, 0) is 36.4 Å². The van der Waals surface area contributed by atoms with Gasteiger partial charge < -0.3 is 20.1 Å². The Morgan fingerprint density at radius 2 is 1.70 bits per heavy atom. The van der Waals surface area contributed by atoms with E-state index in [0.29, 0.717) is 32.3 Å². The van der Waals surface area contributed by atoms with Gasteiger partial charge in [0.15, 0.2) is 4.34 Å². The molecule has 30 heavy (non-hydrogen) atoms. The molecule has 2 aromatic carbocycles. The molecule has 0 bridgehead atoms. The monoisotopic (exact) mass is 445 g/mol. The van der Waals surface area contributed by atoms with Crippen LogP contribution in [0.25, 0.3) is 0 Å². The molecule has 0 aliphatic rings. The van der Waals surface area contributed by atoms with Crippen LogP contribution in [0.4, 0.5) is 21.3 Å². The molecule has 0 saturated heterocycles. The van der Waals surface area contributed by atoms with Crippen molar-refractivity contribution in [3.63, 3.8) is 0 Å². The molecular weight excluding hydrogens is 426 g/mol. The highest BCUT2D eigenvalue weighted by Gasteiger charge is 2.11. The lowest BCUT2D eigenvalue weighted by Crippen LogP contribution is -2.19. The zero-order chi connectivity index (χ0) is 21.3. The molecule has 0 radical (unpaired) electrons. The minimum absolute atomic E-state index is 0.157. The largest absolute Gasteiger partial charge is 0.497 e. The van der Waals surface area contributed by atoms with Crippen LogP contribution in [-0.4, -0.2) is 42.1 Å². The van der Waals surface area contributed by atoms with Crippen molar-refractivity contribution in [1.82, 2.24) is 10.2 Å². The van der Waals surface area contributed by atoms with E-state index in [-0.39, 0.29) is 11.7 Å². The van der Waals surface area contributed by atoms with Crippen molar-refractivity contribution in [3.8, 4) is 11.5 Å². The highest BCUT2D eigenvalue weighted by molar-refractivity contribution is 8.01. The molecule has 9 nitrogen and oxygen atoms in total. The van der Waals surface area contributed by atoms with Crippen LogP contribution >= 0.6 is 23.1 Å². The summed E-state index contributed by atoms with van der Waals surface area (Å²) in [5, 5.41) is 16.3. The molecular formula is C19H19N5O4S2. The summed E-state index contributed by atoms with van der Waals surface area (Å²) >= 11 is 2.41. The van der Waals surface area contributed by atoms with Crippen LogP contribution in [0.5, 0.6) is 11.5 Å². The quantitative estimate of drug-likeness (QED) is 0.355. The highest BCUT2D eigenvalue weighted by Crippen LogP contribution is 2.26. The average Bonchev–Trinajstić information content (AvgIpc) is 3.20. The van der Waals surface area contributed by atoms with E-state index in [4.69, 9.17) is 9.47 Å². The second kappa shape index (κ2) is 10.5. The number of urea groups is 1. The fourth-order valence-electron chi connectivity index (χ4n) is 2.28. The summed E-state index contributed by atoms with van der Waals surface area (Å²) in [6, 6.07) is 13.6. The van der Waals surface area contributed by atoms with E-state index in [0.717, 1.165) is 0 Å². The van der Waals surface area contributed by atoms with Crippen LogP contribution in [0.2, 0.25) is 0 Å². The minimum atomic E-state index is -0.441. The van der Waals surface area contributed by atoms with Crippen LogP contribution in [0, 0.1) is 0 Å². The maximum atomic E-state index is 12.1. The fraction of sp³-hybridized carbons (Fsp3) is 0.158. The first-order chi connectivity index (χ1) is 14.6. The summed E-state index contributed by atoms with van der Waals surface area (Å²) in [5.41, 5.74) is 1.26. The van der Waals surface area contributed by atoms with Gasteiger partial charge in [-0.25, -0.2) is 4.79 Å². The van der Waals surface area contributed by atoms with Crippen molar-refractivity contribution in [2.75, 3.05) is 35.9 Å². The van der Waals surface area contributed by atoms with Crippen LogP contribution < -0.4 is 25.4 Å². The number of thioether (sulfide) groups is 1. The van der Waals surface area contributed by atoms with Crippen molar-refractivity contribution in [2.45, 2.75) is 4.34 Å². The van der Waals surface area contributed by atoms with Gasteiger partial charge in [0.05, 0.1) is 20.0 Å². The van der Waals surface area contributed by atoms with E-state index >= 15 is 0 Å². The van der Waals surface area contributed by atoms with Gasteiger partial charge in [-0.2, -0.15) is 0 Å². The predicted octanol–water partition coefficient (Wildman–Crippen LogP) is 3.93. The number of nitrogens with one attached hydrogen (secondary N) is 3. The van der Waals surface area contributed by atoms with Gasteiger partial charge in [-0.1, -0.05) is 29.2 Å². The molecule has 0 unspecified atom stereocenters. The number of hydrogen-bond acceptors (Lipinski definition) is 8. The number of anilines is 3. The Morgan fingerprint density at radius 1 is 0.933 bits per heavy atom. The molecule has 0 aliphatic heterocycles. The maximum absolute atomic E-state index is 12.1. The summed E-state index contributed by atoms with van der Waals surface area (Å²) < 4.78 is 10.8. The maximum Gasteiger partial charge on any atom is 0.325 e. The van der Waals surface area contributed by atoms with E-state index < -0.39 is 6.03 Å². The molecule has 3 amide bonds. The molecule has 156 valence electrons. The smallest absolute Gasteiger partial charge is 0.325 e. The Balaban J connectivity index is 1.45. The molecule has 3 rings (SSSR count). The Kier molecular flexibility index (Phi) is 7.46. The number of carbonyl (C=O) groups is 2. The van der Waals surface area contributed by atoms with Crippen molar-refractivity contribution < 1.29 is 19.1 Å². The van der Waals surface area contributed by atoms with Gasteiger partial charge in [-0.3, -0.25) is 10.1 Å². The van der Waals surface area contributed by atoms with E-state index in [9.17, 15) is 9.59 Å². The van der Waals surface area contributed by atoms with Crippen LogP contribution in [0.3, 0.4) is 0 Å². The van der Waals surface area contributed by atoms with Crippen LogP contribution in [0.15, 0.2) is 52.9 Å². The number of rotatable bonds is 8. The molecule has 1 aromatic heterocycles. The third kappa shape index (κ3) is 6.36. The Labute approximate surface area is 181 Å². The van der Waals surface area contributed by atoms with Crippen molar-refractivity contribution in [3.05, 3.63) is 48.5 Å². The molecule has 11 heteroatoms. The second-order valence-corrected chi connectivity index (χ2v) is 7.95. The standard InChI is InChI=1S/C19H19N5O4S2/c1-27-14-8-6-12(7-9-14)21-17(26)22-18-23-24-19(30-18)29-11-16(25)20-13-4-3-5-15(10-13)28-2/h3-10H,11H2,1-2H3,(H,20,25)(H2,21,22,23,26). The number of carbonyl (C=O) groups excluding carboxylic acids is 2. The molecule has 0 aliphatic carbocycles. The van der Waals surface area contributed by atoms with Crippen molar-refractivity contribution in [2.24, 2.45) is 0 Å². The van der Waals surface area contributed by atoms with Gasteiger partial charge in [0, 0.05) is 17.4 Å². The lowest BCUT2D eigenvalue weighted by molar-refractivity contribution is -0.113. The minimum Gasteiger partial charge on any atom is -0.497 e. The number of methoxy groups -OCH3 is 2. The molecule has 0 saturated carbocycles. The molecule has 3 aromatic rings. The van der Waals surface area contributed by atoms with Crippen molar-refractivity contribution in [1.29, 1.82) is 0 Å². The van der Waals surface area contributed by atoms with E-state index in [1.54, 1.807) is 62.8 Å². The Hall–Kier alpha value is -3.31. The number of hydrogen-bond donors (Lipinski definition) is 3. The van der Waals surface area contributed by atoms with Gasteiger partial charge in [0.2, 0.25) is 11.0 Å². The summed E-state index contributed by atoms with van der Waals surface area (Å²) in [6.07, 6.45) is 0. The first-order valence-corrected chi connectivity index (χ1v) is 10.5. The number of ether oxygens (including phenoxy) is 2. The summed E-state index contributed by atoms with van der Waals surface area (Å²) in [7, 11) is 3.14. The number of benzene rings is 2. The first-order valence-electron chi connectivity index (χ1n) is 8.68. The molecule has 0 atom stereocenters. The summed E-state index contributed by atoms with van der Waals surface area (Å²) in [6.45, 7) is 0. The van der Waals surface area contributed by atoms with E-state index in [1.165, 1.54) is 23.1 Å². The van der Waals surface area contributed by atoms with E-state index in [2.05, 4.69) is 26.1 Å². The van der Waals surface area contributed by atoms with Crippen molar-refractivity contribution >= 4 is 51.5 Å². The molecule has 3 N–H and O–H groups in total. The number of nitrogens with zero attached hydrogens (tertiary/aromatic N) is 2. The zero-order valence-electron chi connectivity index (χ0n) is 16.2. The van der Waals surface area contributed by atoms with Gasteiger partial charge in [0.1, 0.15) is 11.5 Å². The number of aromatic nitrogens is 2. The van der Waals surface area contributed by atoms with Gasteiger partial charge >= 0.3 is 6.03 Å². The third-order valence-corrected chi connectivity index (χ3v) is 5.63. The van der Waals surface area contributed by atoms with Gasteiger partial charge in [-0.15, -0.1) is 10.2 Å². The highest BCUT2D eigenvalue weighted by atomic mass is 32.2.